The fourth-order valence-corrected chi connectivity index (χ4v) is 8.01. The Labute approximate surface area is 342 Å². The van der Waals surface area contributed by atoms with Gasteiger partial charge in [-0.1, -0.05) is 192 Å². The molecular formula is C48H92N2O3S. The van der Waals surface area contributed by atoms with Crippen molar-refractivity contribution in [2.45, 2.75) is 220 Å². The molecule has 0 radical (unpaired) electrons. The standard InChI is InChI=1S/C48H92N2O3S/c1-6-9-12-15-17-18-19-20-21-22-23-24-25-26-30-35-41-50(48(52)54-45-43-49(4)5)42-36-31-27-29-34-39-47(51)53-44-40-46(37-32-14-11-8-3)38-33-28-16-13-10-7-2/h18-19,21-22,46H,6-17,20,23-45H2,1-5H3. The van der Waals surface area contributed by atoms with Crippen LogP contribution in [-0.4, -0.2) is 67.1 Å². The van der Waals surface area contributed by atoms with Gasteiger partial charge in [-0.2, -0.15) is 0 Å². The molecule has 0 saturated heterocycles. The van der Waals surface area contributed by atoms with Crippen LogP contribution in [0.4, 0.5) is 4.79 Å². The topological polar surface area (TPSA) is 49.9 Å². The number of nitrogens with zero attached hydrogens (tertiary/aromatic N) is 2. The predicted octanol–water partition coefficient (Wildman–Crippen LogP) is 15.1. The minimum absolute atomic E-state index is 0.0153. The van der Waals surface area contributed by atoms with E-state index in [-0.39, 0.29) is 11.2 Å². The molecule has 0 aromatic rings. The molecule has 0 aromatic heterocycles. The van der Waals surface area contributed by atoms with Gasteiger partial charge in [-0.05, 0) is 77.8 Å². The summed E-state index contributed by atoms with van der Waals surface area (Å²) in [7, 11) is 4.13. The summed E-state index contributed by atoms with van der Waals surface area (Å²) in [5.74, 6) is 1.54. The summed E-state index contributed by atoms with van der Waals surface area (Å²) in [6.07, 6.45) is 47.0. The van der Waals surface area contributed by atoms with Crippen LogP contribution in [0.2, 0.25) is 0 Å². The third kappa shape index (κ3) is 39.0. The second kappa shape index (κ2) is 42.9. The third-order valence-electron chi connectivity index (χ3n) is 10.7. The molecule has 54 heavy (non-hydrogen) atoms. The van der Waals surface area contributed by atoms with Crippen LogP contribution in [0.3, 0.4) is 0 Å². The number of hydrogen-bond acceptors (Lipinski definition) is 5. The summed E-state index contributed by atoms with van der Waals surface area (Å²) in [4.78, 5) is 29.8. The number of thioether (sulfide) groups is 1. The van der Waals surface area contributed by atoms with E-state index in [0.29, 0.717) is 18.9 Å². The molecule has 0 aliphatic rings. The third-order valence-corrected chi connectivity index (χ3v) is 11.6. The summed E-state index contributed by atoms with van der Waals surface area (Å²) >= 11 is 1.48. The van der Waals surface area contributed by atoms with Crippen LogP contribution in [0.5, 0.6) is 0 Å². The first-order valence-corrected chi connectivity index (χ1v) is 24.4. The van der Waals surface area contributed by atoms with Gasteiger partial charge < -0.3 is 14.5 Å². The lowest BCUT2D eigenvalue weighted by Gasteiger charge is -2.22. The van der Waals surface area contributed by atoms with Crippen molar-refractivity contribution in [1.82, 2.24) is 9.80 Å². The first-order chi connectivity index (χ1) is 26.4. The molecule has 0 aromatic carbocycles. The zero-order chi connectivity index (χ0) is 39.6. The van der Waals surface area contributed by atoms with Gasteiger partial charge in [-0.15, -0.1) is 0 Å². The maximum Gasteiger partial charge on any atom is 0.305 e. The van der Waals surface area contributed by atoms with E-state index >= 15 is 0 Å². The Hall–Kier alpha value is -1.27. The highest BCUT2D eigenvalue weighted by molar-refractivity contribution is 8.13. The fourth-order valence-electron chi connectivity index (χ4n) is 7.01. The molecule has 0 aliphatic heterocycles. The van der Waals surface area contributed by atoms with Crippen molar-refractivity contribution >= 4 is 23.0 Å². The molecular weight excluding hydrogens is 685 g/mol. The van der Waals surface area contributed by atoms with Crippen molar-refractivity contribution in [3.63, 3.8) is 0 Å². The SMILES string of the molecule is CCCCCCC=CCC=CCCCCCCCN(CCCCCCCC(=O)OCCC(CCCCCC)CCCCCCCC)C(=O)SCCN(C)C. The number of ether oxygens (including phenoxy) is 1. The Morgan fingerprint density at radius 3 is 1.56 bits per heavy atom. The Morgan fingerprint density at radius 2 is 1.00 bits per heavy atom. The number of allylic oxidation sites excluding steroid dienone is 4. The van der Waals surface area contributed by atoms with Crippen LogP contribution in [-0.2, 0) is 9.53 Å². The summed E-state index contributed by atoms with van der Waals surface area (Å²) in [5, 5.41) is 0.245. The minimum atomic E-state index is -0.0153. The van der Waals surface area contributed by atoms with E-state index in [1.54, 1.807) is 0 Å². The monoisotopic (exact) mass is 777 g/mol. The minimum Gasteiger partial charge on any atom is -0.466 e. The molecule has 1 unspecified atom stereocenters. The first kappa shape index (κ1) is 52.7. The largest absolute Gasteiger partial charge is 0.466 e. The fraction of sp³-hybridized carbons (Fsp3) is 0.875. The number of carbonyl (C=O) groups excluding carboxylic acids is 2. The highest BCUT2D eigenvalue weighted by Crippen LogP contribution is 2.22. The molecule has 0 heterocycles. The van der Waals surface area contributed by atoms with Crippen LogP contribution < -0.4 is 0 Å². The number of amides is 1. The molecule has 0 fully saturated rings. The normalized spacial score (nSPS) is 12.4. The van der Waals surface area contributed by atoms with E-state index < -0.39 is 0 Å². The van der Waals surface area contributed by atoms with Crippen molar-refractivity contribution in [2.75, 3.05) is 46.1 Å². The van der Waals surface area contributed by atoms with E-state index in [9.17, 15) is 9.59 Å². The lowest BCUT2D eigenvalue weighted by atomic mass is 9.92. The number of hydrogen-bond donors (Lipinski definition) is 0. The van der Waals surface area contributed by atoms with Crippen molar-refractivity contribution in [3.8, 4) is 0 Å². The molecule has 6 heteroatoms. The summed E-state index contributed by atoms with van der Waals surface area (Å²) in [6.45, 7) is 10.1. The second-order valence-corrected chi connectivity index (χ2v) is 17.3. The van der Waals surface area contributed by atoms with Gasteiger partial charge in [0.25, 0.3) is 5.24 Å². The van der Waals surface area contributed by atoms with Crippen LogP contribution in [0.15, 0.2) is 24.3 Å². The van der Waals surface area contributed by atoms with Gasteiger partial charge in [0.15, 0.2) is 0 Å². The quantitative estimate of drug-likeness (QED) is 0.0352. The summed E-state index contributed by atoms with van der Waals surface area (Å²) < 4.78 is 5.71. The molecule has 0 saturated carbocycles. The molecule has 1 amide bonds. The molecule has 318 valence electrons. The smallest absolute Gasteiger partial charge is 0.305 e. The number of unbranched alkanes of at least 4 members (excludes halogenated alkanes) is 21. The van der Waals surface area contributed by atoms with Crippen LogP contribution in [0.1, 0.15) is 220 Å². The Balaban J connectivity index is 4.23. The Bertz CT molecular complexity index is 861. The Morgan fingerprint density at radius 1 is 0.537 bits per heavy atom. The maximum atomic E-state index is 13.1. The zero-order valence-electron chi connectivity index (χ0n) is 36.9. The van der Waals surface area contributed by atoms with Gasteiger partial charge in [-0.3, -0.25) is 9.59 Å². The van der Waals surface area contributed by atoms with Crippen molar-refractivity contribution < 1.29 is 14.3 Å². The average molecular weight is 777 g/mol. The lowest BCUT2D eigenvalue weighted by molar-refractivity contribution is -0.144. The Kier molecular flexibility index (Phi) is 41.9. The maximum absolute atomic E-state index is 13.1. The van der Waals surface area contributed by atoms with Gasteiger partial charge in [0, 0.05) is 31.8 Å². The molecule has 0 spiro atoms. The molecule has 0 rings (SSSR count). The van der Waals surface area contributed by atoms with Crippen molar-refractivity contribution in [3.05, 3.63) is 24.3 Å². The van der Waals surface area contributed by atoms with Crippen molar-refractivity contribution in [1.29, 1.82) is 0 Å². The highest BCUT2D eigenvalue weighted by atomic mass is 32.2. The van der Waals surface area contributed by atoms with E-state index in [4.69, 9.17) is 4.74 Å². The highest BCUT2D eigenvalue weighted by Gasteiger charge is 2.14. The molecule has 0 N–H and O–H groups in total. The predicted molar refractivity (Wildman–Crippen MR) is 241 cm³/mol. The number of esters is 1. The lowest BCUT2D eigenvalue weighted by Crippen LogP contribution is -2.30. The van der Waals surface area contributed by atoms with Gasteiger partial charge in [0.1, 0.15) is 0 Å². The van der Waals surface area contributed by atoms with Gasteiger partial charge in [0.2, 0.25) is 0 Å². The van der Waals surface area contributed by atoms with Crippen LogP contribution in [0, 0.1) is 5.92 Å². The molecule has 1 atom stereocenters. The zero-order valence-corrected chi connectivity index (χ0v) is 37.7. The van der Waals surface area contributed by atoms with Crippen LogP contribution in [0.25, 0.3) is 0 Å². The first-order valence-electron chi connectivity index (χ1n) is 23.5. The number of rotatable bonds is 41. The van der Waals surface area contributed by atoms with E-state index in [1.165, 1.54) is 153 Å². The number of carbonyl (C=O) groups is 2. The van der Waals surface area contributed by atoms with Gasteiger partial charge in [-0.25, -0.2) is 0 Å². The molecule has 5 nitrogen and oxygen atoms in total. The second-order valence-electron chi connectivity index (χ2n) is 16.3. The summed E-state index contributed by atoms with van der Waals surface area (Å²) in [6, 6.07) is 0. The van der Waals surface area contributed by atoms with E-state index in [0.717, 1.165) is 76.8 Å². The van der Waals surface area contributed by atoms with Gasteiger partial charge in [0.05, 0.1) is 6.61 Å². The summed E-state index contributed by atoms with van der Waals surface area (Å²) in [5.41, 5.74) is 0. The van der Waals surface area contributed by atoms with Crippen molar-refractivity contribution in [2.24, 2.45) is 5.92 Å². The van der Waals surface area contributed by atoms with E-state index in [1.807, 2.05) is 0 Å². The van der Waals surface area contributed by atoms with E-state index in [2.05, 4.69) is 69.0 Å². The van der Waals surface area contributed by atoms with Gasteiger partial charge >= 0.3 is 5.97 Å². The van der Waals surface area contributed by atoms with Crippen LogP contribution >= 0.6 is 11.8 Å². The molecule has 0 aliphatic carbocycles. The molecule has 0 bridgehead atoms. The average Bonchev–Trinajstić information content (AvgIpc) is 3.15.